The van der Waals surface area contributed by atoms with E-state index in [4.69, 9.17) is 5.11 Å². The fraction of sp³-hybridized carbons (Fsp3) is 0.462. The molecule has 1 fully saturated rings. The van der Waals surface area contributed by atoms with E-state index in [0.717, 1.165) is 5.69 Å². The van der Waals surface area contributed by atoms with Gasteiger partial charge in [-0.15, -0.1) is 0 Å². The zero-order valence-electron chi connectivity index (χ0n) is 10.8. The zero-order chi connectivity index (χ0) is 13.8. The van der Waals surface area contributed by atoms with Crippen LogP contribution in [0.4, 0.5) is 5.69 Å². The molecule has 1 amide bonds. The Bertz CT molecular complexity index is 484. The van der Waals surface area contributed by atoms with Gasteiger partial charge in [0.1, 0.15) is 5.69 Å². The highest BCUT2D eigenvalue weighted by molar-refractivity contribution is 5.93. The summed E-state index contributed by atoms with van der Waals surface area (Å²) in [6.45, 7) is 3.85. The topological polar surface area (TPSA) is 82.5 Å². The summed E-state index contributed by atoms with van der Waals surface area (Å²) in [6, 6.07) is 3.57. The smallest absolute Gasteiger partial charge is 0.303 e. The number of carboxylic acid groups (broad SMARTS) is 1. The number of carbonyl (C=O) groups is 2. The molecule has 1 saturated heterocycles. The van der Waals surface area contributed by atoms with Crippen molar-refractivity contribution in [3.63, 3.8) is 0 Å². The number of aliphatic carboxylic acids is 1. The maximum Gasteiger partial charge on any atom is 0.303 e. The number of nitrogens with zero attached hydrogens (tertiary/aromatic N) is 2. The standard InChI is InChI=1S/C13H17N3O3/c1-2-14-13(19)11-6-10(3-4-15-11)16-7-9(8-16)5-12(17)18/h3-4,6,9H,2,5,7-8H2,1H3,(H,14,19)(H,17,18). The van der Waals surface area contributed by atoms with Crippen molar-refractivity contribution in [2.75, 3.05) is 24.5 Å². The molecule has 1 aromatic heterocycles. The molecule has 19 heavy (non-hydrogen) atoms. The predicted molar refractivity (Wildman–Crippen MR) is 70.2 cm³/mol. The van der Waals surface area contributed by atoms with Crippen LogP contribution in [-0.2, 0) is 4.79 Å². The highest BCUT2D eigenvalue weighted by Crippen LogP contribution is 2.26. The summed E-state index contributed by atoms with van der Waals surface area (Å²) in [4.78, 5) is 28.3. The maximum atomic E-state index is 11.7. The maximum absolute atomic E-state index is 11.7. The lowest BCUT2D eigenvalue weighted by Gasteiger charge is -2.40. The summed E-state index contributed by atoms with van der Waals surface area (Å²) in [7, 11) is 0. The third kappa shape index (κ3) is 3.21. The zero-order valence-corrected chi connectivity index (χ0v) is 10.8. The Labute approximate surface area is 111 Å². The summed E-state index contributed by atoms with van der Waals surface area (Å²) in [5, 5.41) is 11.4. The van der Waals surface area contributed by atoms with Crippen LogP contribution in [0.1, 0.15) is 23.8 Å². The van der Waals surface area contributed by atoms with Gasteiger partial charge >= 0.3 is 5.97 Å². The molecule has 1 aromatic rings. The lowest BCUT2D eigenvalue weighted by Crippen LogP contribution is -2.47. The van der Waals surface area contributed by atoms with Gasteiger partial charge in [-0.1, -0.05) is 0 Å². The number of aromatic nitrogens is 1. The molecule has 2 rings (SSSR count). The Balaban J connectivity index is 1.97. The van der Waals surface area contributed by atoms with E-state index < -0.39 is 5.97 Å². The first-order valence-electron chi connectivity index (χ1n) is 6.31. The lowest BCUT2D eigenvalue weighted by molar-refractivity contribution is -0.138. The molecule has 1 aliphatic rings. The quantitative estimate of drug-likeness (QED) is 0.819. The van der Waals surface area contributed by atoms with E-state index in [9.17, 15) is 9.59 Å². The van der Waals surface area contributed by atoms with Crippen LogP contribution in [0.5, 0.6) is 0 Å². The van der Waals surface area contributed by atoms with E-state index in [1.54, 1.807) is 12.3 Å². The van der Waals surface area contributed by atoms with Gasteiger partial charge in [0.2, 0.25) is 0 Å². The number of amides is 1. The minimum atomic E-state index is -0.762. The van der Waals surface area contributed by atoms with Crippen LogP contribution in [0.25, 0.3) is 0 Å². The molecule has 0 saturated carbocycles. The van der Waals surface area contributed by atoms with Crippen molar-refractivity contribution in [3.05, 3.63) is 24.0 Å². The van der Waals surface area contributed by atoms with Crippen LogP contribution in [0.15, 0.2) is 18.3 Å². The Morgan fingerprint density at radius 2 is 2.26 bits per heavy atom. The summed E-state index contributed by atoms with van der Waals surface area (Å²) in [6.07, 6.45) is 1.80. The Morgan fingerprint density at radius 1 is 1.53 bits per heavy atom. The van der Waals surface area contributed by atoms with Gasteiger partial charge in [-0.2, -0.15) is 0 Å². The van der Waals surface area contributed by atoms with Crippen LogP contribution in [0.3, 0.4) is 0 Å². The lowest BCUT2D eigenvalue weighted by atomic mass is 9.96. The number of hydrogen-bond donors (Lipinski definition) is 2. The van der Waals surface area contributed by atoms with Crippen LogP contribution >= 0.6 is 0 Å². The third-order valence-corrected chi connectivity index (χ3v) is 3.10. The average Bonchev–Trinajstić information content (AvgIpc) is 2.33. The molecule has 0 radical (unpaired) electrons. The Morgan fingerprint density at radius 3 is 2.89 bits per heavy atom. The molecule has 0 unspecified atom stereocenters. The van der Waals surface area contributed by atoms with Gasteiger partial charge in [0.15, 0.2) is 0 Å². The SMILES string of the molecule is CCNC(=O)c1cc(N2CC(CC(=O)O)C2)ccn1. The fourth-order valence-electron chi connectivity index (χ4n) is 2.15. The van der Waals surface area contributed by atoms with Gasteiger partial charge in [-0.05, 0) is 19.1 Å². The highest BCUT2D eigenvalue weighted by Gasteiger charge is 2.29. The monoisotopic (exact) mass is 263 g/mol. The van der Waals surface area contributed by atoms with Crippen LogP contribution in [0.2, 0.25) is 0 Å². The molecule has 0 spiro atoms. The minimum Gasteiger partial charge on any atom is -0.481 e. The fourth-order valence-corrected chi connectivity index (χ4v) is 2.15. The van der Waals surface area contributed by atoms with Crippen molar-refractivity contribution in [1.29, 1.82) is 0 Å². The van der Waals surface area contributed by atoms with E-state index in [-0.39, 0.29) is 18.2 Å². The van der Waals surface area contributed by atoms with E-state index >= 15 is 0 Å². The molecular formula is C13H17N3O3. The summed E-state index contributed by atoms with van der Waals surface area (Å²) < 4.78 is 0. The number of pyridine rings is 1. The van der Waals surface area contributed by atoms with Gasteiger partial charge in [-0.25, -0.2) is 0 Å². The van der Waals surface area contributed by atoms with E-state index in [1.165, 1.54) is 0 Å². The number of anilines is 1. The van der Waals surface area contributed by atoms with Gasteiger partial charge in [-0.3, -0.25) is 14.6 Å². The third-order valence-electron chi connectivity index (χ3n) is 3.10. The van der Waals surface area contributed by atoms with Gasteiger partial charge < -0.3 is 15.3 Å². The van der Waals surface area contributed by atoms with Gasteiger partial charge in [0.25, 0.3) is 5.91 Å². The second kappa shape index (κ2) is 5.69. The first-order chi connectivity index (χ1) is 9.10. The number of carboxylic acids is 1. The molecule has 0 bridgehead atoms. The summed E-state index contributed by atoms with van der Waals surface area (Å²) in [5.41, 5.74) is 1.30. The number of hydrogen-bond acceptors (Lipinski definition) is 4. The molecule has 6 nitrogen and oxygen atoms in total. The van der Waals surface area contributed by atoms with E-state index in [0.29, 0.717) is 25.3 Å². The van der Waals surface area contributed by atoms with Crippen molar-refractivity contribution in [3.8, 4) is 0 Å². The Kier molecular flexibility index (Phi) is 3.99. The molecule has 1 aliphatic heterocycles. The molecule has 0 aromatic carbocycles. The average molecular weight is 263 g/mol. The Hall–Kier alpha value is -2.11. The molecule has 0 aliphatic carbocycles. The highest BCUT2D eigenvalue weighted by atomic mass is 16.4. The van der Waals surface area contributed by atoms with E-state index in [2.05, 4.69) is 15.2 Å². The van der Waals surface area contributed by atoms with Crippen molar-refractivity contribution < 1.29 is 14.7 Å². The van der Waals surface area contributed by atoms with Crippen molar-refractivity contribution in [1.82, 2.24) is 10.3 Å². The minimum absolute atomic E-state index is 0.188. The van der Waals surface area contributed by atoms with Gasteiger partial charge in [0, 0.05) is 37.4 Å². The summed E-state index contributed by atoms with van der Waals surface area (Å²) >= 11 is 0. The van der Waals surface area contributed by atoms with Crippen LogP contribution in [-0.4, -0.2) is 41.6 Å². The van der Waals surface area contributed by atoms with Gasteiger partial charge in [0.05, 0.1) is 6.42 Å². The first kappa shape index (κ1) is 13.3. The van der Waals surface area contributed by atoms with E-state index in [1.807, 2.05) is 13.0 Å². The molecule has 2 heterocycles. The second-order valence-corrected chi connectivity index (χ2v) is 4.63. The van der Waals surface area contributed by atoms with Crippen molar-refractivity contribution in [2.24, 2.45) is 5.92 Å². The largest absolute Gasteiger partial charge is 0.481 e. The number of rotatable bonds is 5. The normalized spacial score (nSPS) is 14.9. The second-order valence-electron chi connectivity index (χ2n) is 4.63. The number of carbonyl (C=O) groups excluding carboxylic acids is 1. The molecule has 6 heteroatoms. The van der Waals surface area contributed by atoms with Crippen molar-refractivity contribution in [2.45, 2.75) is 13.3 Å². The van der Waals surface area contributed by atoms with Crippen LogP contribution in [0, 0.1) is 5.92 Å². The summed E-state index contributed by atoms with van der Waals surface area (Å²) in [5.74, 6) is -0.757. The number of nitrogens with one attached hydrogen (secondary N) is 1. The predicted octanol–water partition coefficient (Wildman–Crippen LogP) is 0.742. The van der Waals surface area contributed by atoms with Crippen molar-refractivity contribution >= 4 is 17.6 Å². The molecular weight excluding hydrogens is 246 g/mol. The molecule has 0 atom stereocenters. The molecule has 2 N–H and O–H groups in total. The molecule has 102 valence electrons. The van der Waals surface area contributed by atoms with Crippen LogP contribution < -0.4 is 10.2 Å². The first-order valence-corrected chi connectivity index (χ1v) is 6.31.